The van der Waals surface area contributed by atoms with Crippen molar-refractivity contribution in [3.05, 3.63) is 22.4 Å². The molecule has 2 amide bonds. The van der Waals surface area contributed by atoms with Crippen LogP contribution in [0.5, 0.6) is 0 Å². The van der Waals surface area contributed by atoms with Crippen molar-refractivity contribution in [3.8, 4) is 0 Å². The zero-order valence-electron chi connectivity index (χ0n) is 11.9. The standard InChI is InChI=1S/C14H22N2O3S/c1-10(2)7-12(13(17)18)8-16-14(19)15-5-3-11-4-6-20-9-11/h4,6,9-10,12H,3,5,7-8H2,1-2H3,(H,17,18)(H2,15,16,19). The molecule has 20 heavy (non-hydrogen) atoms. The molecule has 1 aromatic heterocycles. The molecule has 0 spiro atoms. The van der Waals surface area contributed by atoms with Crippen LogP contribution < -0.4 is 10.6 Å². The molecule has 1 atom stereocenters. The van der Waals surface area contributed by atoms with Crippen molar-refractivity contribution in [3.63, 3.8) is 0 Å². The first kappa shape index (κ1) is 16.5. The SMILES string of the molecule is CC(C)CC(CNC(=O)NCCc1ccsc1)C(=O)O. The van der Waals surface area contributed by atoms with E-state index < -0.39 is 11.9 Å². The van der Waals surface area contributed by atoms with E-state index >= 15 is 0 Å². The maximum atomic E-state index is 11.6. The molecule has 0 saturated heterocycles. The molecule has 1 aromatic rings. The molecule has 0 bridgehead atoms. The number of hydrogen-bond donors (Lipinski definition) is 3. The van der Waals surface area contributed by atoms with Crippen molar-refractivity contribution >= 4 is 23.3 Å². The maximum Gasteiger partial charge on any atom is 0.314 e. The highest BCUT2D eigenvalue weighted by Gasteiger charge is 2.19. The minimum atomic E-state index is -0.864. The molecule has 1 heterocycles. The molecular formula is C14H22N2O3S. The quantitative estimate of drug-likeness (QED) is 0.689. The summed E-state index contributed by atoms with van der Waals surface area (Å²) in [5.74, 6) is -1.10. The average Bonchev–Trinajstić information content (AvgIpc) is 2.86. The Morgan fingerprint density at radius 3 is 2.65 bits per heavy atom. The van der Waals surface area contributed by atoms with Gasteiger partial charge in [0, 0.05) is 13.1 Å². The van der Waals surface area contributed by atoms with Crippen LogP contribution in [0.4, 0.5) is 4.79 Å². The molecule has 112 valence electrons. The largest absolute Gasteiger partial charge is 0.481 e. The second-order valence-electron chi connectivity index (χ2n) is 5.18. The van der Waals surface area contributed by atoms with Gasteiger partial charge in [0.2, 0.25) is 0 Å². The smallest absolute Gasteiger partial charge is 0.314 e. The summed E-state index contributed by atoms with van der Waals surface area (Å²) in [5.41, 5.74) is 1.19. The van der Waals surface area contributed by atoms with Gasteiger partial charge in [-0.05, 0) is 41.1 Å². The van der Waals surface area contributed by atoms with Crippen LogP contribution in [-0.4, -0.2) is 30.2 Å². The highest BCUT2D eigenvalue weighted by molar-refractivity contribution is 7.07. The van der Waals surface area contributed by atoms with Gasteiger partial charge in [0.1, 0.15) is 0 Å². The molecule has 0 saturated carbocycles. The molecule has 0 radical (unpaired) electrons. The number of aliphatic carboxylic acids is 1. The maximum absolute atomic E-state index is 11.6. The lowest BCUT2D eigenvalue weighted by atomic mass is 9.97. The third-order valence-electron chi connectivity index (χ3n) is 2.89. The Balaban J connectivity index is 2.22. The summed E-state index contributed by atoms with van der Waals surface area (Å²) in [5, 5.41) is 18.5. The summed E-state index contributed by atoms with van der Waals surface area (Å²) in [6, 6.07) is 1.71. The Morgan fingerprint density at radius 1 is 1.35 bits per heavy atom. The number of amides is 2. The van der Waals surface area contributed by atoms with Gasteiger partial charge in [-0.25, -0.2) is 4.79 Å². The monoisotopic (exact) mass is 298 g/mol. The van der Waals surface area contributed by atoms with Crippen molar-refractivity contribution < 1.29 is 14.7 Å². The molecule has 0 aliphatic carbocycles. The molecule has 0 aromatic carbocycles. The predicted molar refractivity (Wildman–Crippen MR) is 80.0 cm³/mol. The van der Waals surface area contributed by atoms with E-state index in [9.17, 15) is 9.59 Å². The van der Waals surface area contributed by atoms with Crippen LogP contribution in [-0.2, 0) is 11.2 Å². The number of urea groups is 1. The predicted octanol–water partition coefficient (Wildman–Crippen LogP) is 2.34. The molecular weight excluding hydrogens is 276 g/mol. The van der Waals surface area contributed by atoms with E-state index in [4.69, 9.17) is 5.11 Å². The Morgan fingerprint density at radius 2 is 2.10 bits per heavy atom. The summed E-state index contributed by atoms with van der Waals surface area (Å²) in [7, 11) is 0. The van der Waals surface area contributed by atoms with Crippen molar-refractivity contribution in [2.75, 3.05) is 13.1 Å². The van der Waals surface area contributed by atoms with Crippen molar-refractivity contribution in [2.24, 2.45) is 11.8 Å². The summed E-state index contributed by atoms with van der Waals surface area (Å²) in [4.78, 5) is 22.6. The number of carbonyl (C=O) groups is 2. The van der Waals surface area contributed by atoms with Crippen LogP contribution in [0.3, 0.4) is 0 Å². The minimum absolute atomic E-state index is 0.164. The van der Waals surface area contributed by atoms with Gasteiger partial charge in [0.15, 0.2) is 0 Å². The molecule has 0 fully saturated rings. The van der Waals surface area contributed by atoms with Crippen molar-refractivity contribution in [1.82, 2.24) is 10.6 Å². The van der Waals surface area contributed by atoms with Crippen LogP contribution in [0.1, 0.15) is 25.8 Å². The average molecular weight is 298 g/mol. The van der Waals surface area contributed by atoms with Gasteiger partial charge < -0.3 is 15.7 Å². The number of carboxylic acid groups (broad SMARTS) is 1. The first-order valence-electron chi connectivity index (χ1n) is 6.74. The number of carbonyl (C=O) groups excluding carboxylic acids is 1. The van der Waals surface area contributed by atoms with E-state index in [1.165, 1.54) is 5.56 Å². The van der Waals surface area contributed by atoms with E-state index in [1.54, 1.807) is 11.3 Å². The van der Waals surface area contributed by atoms with Gasteiger partial charge >= 0.3 is 12.0 Å². The molecule has 0 aliphatic heterocycles. The van der Waals surface area contributed by atoms with Crippen molar-refractivity contribution in [2.45, 2.75) is 26.7 Å². The highest BCUT2D eigenvalue weighted by atomic mass is 32.1. The molecule has 1 rings (SSSR count). The van der Waals surface area contributed by atoms with Gasteiger partial charge in [-0.15, -0.1) is 0 Å². The Kier molecular flexibility index (Phi) is 7.08. The molecule has 5 nitrogen and oxygen atoms in total. The lowest BCUT2D eigenvalue weighted by Gasteiger charge is -2.15. The molecule has 0 aliphatic rings. The first-order valence-corrected chi connectivity index (χ1v) is 7.69. The molecule has 3 N–H and O–H groups in total. The fourth-order valence-corrected chi connectivity index (χ4v) is 2.58. The Bertz CT molecular complexity index is 418. The van der Waals surface area contributed by atoms with Gasteiger partial charge in [0.05, 0.1) is 5.92 Å². The molecule has 1 unspecified atom stereocenters. The minimum Gasteiger partial charge on any atom is -0.481 e. The van der Waals surface area contributed by atoms with E-state index in [0.29, 0.717) is 18.9 Å². The van der Waals surface area contributed by atoms with Crippen molar-refractivity contribution in [1.29, 1.82) is 0 Å². The summed E-state index contributed by atoms with van der Waals surface area (Å²) < 4.78 is 0. The number of thiophene rings is 1. The highest BCUT2D eigenvalue weighted by Crippen LogP contribution is 2.11. The third-order valence-corrected chi connectivity index (χ3v) is 3.63. The fraction of sp³-hybridized carbons (Fsp3) is 0.571. The van der Waals surface area contributed by atoms with Crippen LogP contribution >= 0.6 is 11.3 Å². The number of nitrogens with one attached hydrogen (secondary N) is 2. The molecule has 6 heteroatoms. The number of hydrogen-bond acceptors (Lipinski definition) is 3. The fourth-order valence-electron chi connectivity index (χ4n) is 1.87. The van der Waals surface area contributed by atoms with Gasteiger partial charge in [0.25, 0.3) is 0 Å². The Labute approximate surface area is 123 Å². The first-order chi connectivity index (χ1) is 9.49. The third kappa shape index (κ3) is 6.56. The normalized spacial score (nSPS) is 12.2. The summed E-state index contributed by atoms with van der Waals surface area (Å²) in [6.45, 7) is 4.65. The zero-order valence-corrected chi connectivity index (χ0v) is 12.7. The number of carboxylic acids is 1. The van der Waals surface area contributed by atoms with E-state index in [0.717, 1.165) is 6.42 Å². The Hall–Kier alpha value is -1.56. The lowest BCUT2D eigenvalue weighted by molar-refractivity contribution is -0.142. The second kappa shape index (κ2) is 8.58. The van der Waals surface area contributed by atoms with Crippen LogP contribution in [0.15, 0.2) is 16.8 Å². The van der Waals surface area contributed by atoms with E-state index in [2.05, 4.69) is 10.6 Å². The second-order valence-corrected chi connectivity index (χ2v) is 5.96. The van der Waals surface area contributed by atoms with Crippen LogP contribution in [0.2, 0.25) is 0 Å². The van der Waals surface area contributed by atoms with Gasteiger partial charge in [-0.1, -0.05) is 13.8 Å². The van der Waals surface area contributed by atoms with Gasteiger partial charge in [-0.2, -0.15) is 11.3 Å². The topological polar surface area (TPSA) is 78.4 Å². The van der Waals surface area contributed by atoms with E-state index in [1.807, 2.05) is 30.7 Å². The number of rotatable bonds is 8. The lowest BCUT2D eigenvalue weighted by Crippen LogP contribution is -2.40. The van der Waals surface area contributed by atoms with Crippen LogP contribution in [0, 0.1) is 11.8 Å². The van der Waals surface area contributed by atoms with E-state index in [-0.39, 0.29) is 12.6 Å². The summed E-state index contributed by atoms with van der Waals surface area (Å²) >= 11 is 1.63. The van der Waals surface area contributed by atoms with Crippen LogP contribution in [0.25, 0.3) is 0 Å². The zero-order chi connectivity index (χ0) is 15.0. The van der Waals surface area contributed by atoms with Gasteiger partial charge in [-0.3, -0.25) is 4.79 Å². The summed E-state index contributed by atoms with van der Waals surface area (Å²) in [6.07, 6.45) is 1.34.